The number of rotatable bonds is 3. The Morgan fingerprint density at radius 3 is 3.10 bits per heavy atom. The summed E-state index contributed by atoms with van der Waals surface area (Å²) in [6, 6.07) is 2.19. The molecule has 0 aromatic carbocycles. The smallest absolute Gasteiger partial charge is 0.330 e. The van der Waals surface area contributed by atoms with E-state index in [2.05, 4.69) is 9.72 Å². The third-order valence-corrected chi connectivity index (χ3v) is 3.08. The highest BCUT2D eigenvalue weighted by Gasteiger charge is 2.36. The van der Waals surface area contributed by atoms with Crippen LogP contribution < -0.4 is 4.90 Å². The number of aromatic nitrogens is 1. The second kappa shape index (κ2) is 6.15. The van der Waals surface area contributed by atoms with E-state index in [1.54, 1.807) is 6.07 Å². The maximum atomic E-state index is 11.8. The Bertz CT molecular complexity index is 612. The SMILES string of the molecule is COC(=O)C1COCCN1c1nccc(C#N)c1[N+](=O)[O-]. The van der Waals surface area contributed by atoms with Gasteiger partial charge in [-0.25, -0.2) is 9.78 Å². The van der Waals surface area contributed by atoms with Crippen LogP contribution in [-0.4, -0.2) is 48.8 Å². The lowest BCUT2D eigenvalue weighted by molar-refractivity contribution is -0.384. The molecule has 0 saturated carbocycles. The van der Waals surface area contributed by atoms with Gasteiger partial charge in [-0.3, -0.25) is 10.1 Å². The first-order valence-corrected chi connectivity index (χ1v) is 6.05. The number of ether oxygens (including phenoxy) is 2. The molecule has 21 heavy (non-hydrogen) atoms. The number of anilines is 1. The number of carbonyl (C=O) groups is 1. The van der Waals surface area contributed by atoms with Crippen LogP contribution >= 0.6 is 0 Å². The maximum Gasteiger partial charge on any atom is 0.330 e. The van der Waals surface area contributed by atoms with E-state index in [-0.39, 0.29) is 24.5 Å². The number of carbonyl (C=O) groups excluding carboxylic acids is 1. The van der Waals surface area contributed by atoms with Crippen LogP contribution in [0.1, 0.15) is 5.56 Å². The fraction of sp³-hybridized carbons (Fsp3) is 0.417. The lowest BCUT2D eigenvalue weighted by atomic mass is 10.1. The number of esters is 1. The molecule has 0 spiro atoms. The molecule has 1 unspecified atom stereocenters. The van der Waals surface area contributed by atoms with Crippen LogP contribution in [-0.2, 0) is 14.3 Å². The van der Waals surface area contributed by atoms with Gasteiger partial charge in [0.2, 0.25) is 5.82 Å². The molecule has 1 aliphatic rings. The van der Waals surface area contributed by atoms with Crippen LogP contribution in [0.15, 0.2) is 12.3 Å². The quantitative estimate of drug-likeness (QED) is 0.441. The van der Waals surface area contributed by atoms with Crippen molar-refractivity contribution in [3.05, 3.63) is 27.9 Å². The Kier molecular flexibility index (Phi) is 4.30. The van der Waals surface area contributed by atoms with E-state index in [4.69, 9.17) is 10.00 Å². The molecule has 1 fully saturated rings. The largest absolute Gasteiger partial charge is 0.467 e. The molecule has 1 aromatic heterocycles. The number of hydrogen-bond donors (Lipinski definition) is 0. The number of pyridine rings is 1. The summed E-state index contributed by atoms with van der Waals surface area (Å²) in [4.78, 5) is 27.7. The average Bonchev–Trinajstić information content (AvgIpc) is 2.53. The molecule has 0 amide bonds. The van der Waals surface area contributed by atoms with Gasteiger partial charge >= 0.3 is 11.7 Å². The van der Waals surface area contributed by atoms with Gasteiger partial charge in [-0.15, -0.1) is 0 Å². The van der Waals surface area contributed by atoms with Crippen LogP contribution in [0.4, 0.5) is 11.5 Å². The van der Waals surface area contributed by atoms with Crippen molar-refractivity contribution in [2.45, 2.75) is 6.04 Å². The first-order valence-electron chi connectivity index (χ1n) is 6.05. The summed E-state index contributed by atoms with van der Waals surface area (Å²) < 4.78 is 9.88. The fourth-order valence-electron chi connectivity index (χ4n) is 2.11. The standard InChI is InChI=1S/C12H12N4O5/c1-20-12(17)9-7-21-5-4-15(9)11-10(16(18)19)8(6-13)2-3-14-11/h2-3,9H,4-5,7H2,1H3. The number of nitro groups is 1. The molecule has 1 aliphatic heterocycles. The molecule has 0 radical (unpaired) electrons. The first kappa shape index (κ1) is 14.7. The predicted octanol–water partition coefficient (Wildman–Crippen LogP) is 0.240. The number of methoxy groups -OCH3 is 1. The van der Waals surface area contributed by atoms with Gasteiger partial charge in [0, 0.05) is 12.7 Å². The minimum absolute atomic E-state index is 0.0299. The number of nitriles is 1. The Morgan fingerprint density at radius 1 is 1.71 bits per heavy atom. The monoisotopic (exact) mass is 292 g/mol. The number of nitrogens with zero attached hydrogens (tertiary/aromatic N) is 4. The van der Waals surface area contributed by atoms with Crippen LogP contribution in [0.2, 0.25) is 0 Å². The molecular weight excluding hydrogens is 280 g/mol. The minimum atomic E-state index is -0.830. The Morgan fingerprint density at radius 2 is 2.48 bits per heavy atom. The van der Waals surface area contributed by atoms with E-state index in [1.807, 2.05) is 0 Å². The van der Waals surface area contributed by atoms with Crippen molar-refractivity contribution in [3.63, 3.8) is 0 Å². The molecule has 2 rings (SSSR count). The third-order valence-electron chi connectivity index (χ3n) is 3.08. The van der Waals surface area contributed by atoms with E-state index >= 15 is 0 Å². The molecule has 0 aliphatic carbocycles. The first-order chi connectivity index (χ1) is 10.1. The van der Waals surface area contributed by atoms with Gasteiger partial charge in [-0.2, -0.15) is 5.26 Å². The molecule has 1 aromatic rings. The number of morpholine rings is 1. The van der Waals surface area contributed by atoms with Crippen molar-refractivity contribution >= 4 is 17.5 Å². The van der Waals surface area contributed by atoms with Crippen LogP contribution in [0.3, 0.4) is 0 Å². The summed E-state index contributed by atoms with van der Waals surface area (Å²) >= 11 is 0. The third kappa shape index (κ3) is 2.75. The summed E-state index contributed by atoms with van der Waals surface area (Å²) in [5.74, 6) is -0.606. The van der Waals surface area contributed by atoms with Crippen molar-refractivity contribution in [2.24, 2.45) is 0 Å². The zero-order valence-corrected chi connectivity index (χ0v) is 11.2. The van der Waals surface area contributed by atoms with Crippen LogP contribution in [0.25, 0.3) is 0 Å². The predicted molar refractivity (Wildman–Crippen MR) is 69.6 cm³/mol. The summed E-state index contributed by atoms with van der Waals surface area (Å²) in [6.07, 6.45) is 1.30. The van der Waals surface area contributed by atoms with Gasteiger partial charge in [0.05, 0.1) is 25.2 Å². The Hall–Kier alpha value is -2.73. The van der Waals surface area contributed by atoms with Crippen LogP contribution in [0, 0.1) is 21.4 Å². The van der Waals surface area contributed by atoms with Gasteiger partial charge in [0.25, 0.3) is 0 Å². The Labute approximate surface area is 119 Å². The second-order valence-electron chi connectivity index (χ2n) is 4.21. The molecule has 9 nitrogen and oxygen atoms in total. The molecule has 9 heteroatoms. The molecule has 1 saturated heterocycles. The van der Waals surface area contributed by atoms with Crippen molar-refractivity contribution in [1.29, 1.82) is 5.26 Å². The highest BCUT2D eigenvalue weighted by molar-refractivity contribution is 5.81. The lowest BCUT2D eigenvalue weighted by Crippen LogP contribution is -2.51. The van der Waals surface area contributed by atoms with Gasteiger partial charge in [0.15, 0.2) is 6.04 Å². The average molecular weight is 292 g/mol. The molecule has 2 heterocycles. The van der Waals surface area contributed by atoms with Gasteiger partial charge in [-0.05, 0) is 6.07 Å². The summed E-state index contributed by atoms with van der Waals surface area (Å²) in [5, 5.41) is 20.2. The fourth-order valence-corrected chi connectivity index (χ4v) is 2.11. The summed E-state index contributed by atoms with van der Waals surface area (Å²) in [5.41, 5.74) is -0.532. The highest BCUT2D eigenvalue weighted by Crippen LogP contribution is 2.31. The number of hydrogen-bond acceptors (Lipinski definition) is 8. The zero-order chi connectivity index (χ0) is 15.4. The molecule has 0 N–H and O–H groups in total. The maximum absolute atomic E-state index is 11.8. The normalized spacial score (nSPS) is 17.9. The van der Waals surface area contributed by atoms with Crippen molar-refractivity contribution in [2.75, 3.05) is 31.8 Å². The van der Waals surface area contributed by atoms with Crippen molar-refractivity contribution in [3.8, 4) is 6.07 Å². The highest BCUT2D eigenvalue weighted by atomic mass is 16.6. The molecular formula is C12H12N4O5. The zero-order valence-electron chi connectivity index (χ0n) is 11.2. The molecule has 110 valence electrons. The van der Waals surface area contributed by atoms with Gasteiger partial charge < -0.3 is 14.4 Å². The molecule has 0 bridgehead atoms. The van der Waals surface area contributed by atoms with E-state index in [1.165, 1.54) is 24.3 Å². The van der Waals surface area contributed by atoms with Crippen molar-refractivity contribution < 1.29 is 19.2 Å². The molecule has 1 atom stereocenters. The topological polar surface area (TPSA) is 119 Å². The van der Waals surface area contributed by atoms with E-state index in [0.717, 1.165) is 0 Å². The van der Waals surface area contributed by atoms with Gasteiger partial charge in [0.1, 0.15) is 11.6 Å². The van der Waals surface area contributed by atoms with E-state index in [0.29, 0.717) is 6.61 Å². The van der Waals surface area contributed by atoms with Crippen molar-refractivity contribution in [1.82, 2.24) is 4.98 Å². The summed E-state index contributed by atoms with van der Waals surface area (Å²) in [7, 11) is 1.22. The van der Waals surface area contributed by atoms with E-state index in [9.17, 15) is 14.9 Å². The second-order valence-corrected chi connectivity index (χ2v) is 4.21. The minimum Gasteiger partial charge on any atom is -0.467 e. The van der Waals surface area contributed by atoms with Gasteiger partial charge in [-0.1, -0.05) is 0 Å². The summed E-state index contributed by atoms with van der Waals surface area (Å²) in [6.45, 7) is 0.577. The Balaban J connectivity index is 2.51. The van der Waals surface area contributed by atoms with E-state index < -0.39 is 22.6 Å². The van der Waals surface area contributed by atoms with Crippen LogP contribution in [0.5, 0.6) is 0 Å². The lowest BCUT2D eigenvalue weighted by Gasteiger charge is -2.34.